The van der Waals surface area contributed by atoms with E-state index in [1.54, 1.807) is 18.4 Å². The second-order valence-corrected chi connectivity index (χ2v) is 5.71. The molecule has 6 heteroatoms. The molecule has 1 N–H and O–H groups in total. The number of aliphatic imine (C=N–C) groups is 1. The molecular weight excluding hydrogens is 321 g/mol. The van der Waals surface area contributed by atoms with E-state index in [2.05, 4.69) is 10.3 Å². The van der Waals surface area contributed by atoms with Crippen LogP contribution in [0.3, 0.4) is 0 Å². The number of halogens is 1. The molecule has 0 bridgehead atoms. The standard InChI is InChI=1S/C19H26FN3O2/c1-3-21-19(23(2)14-16-7-4-8-17(20)13-16)22-10-6-11-24-15-18-9-5-12-25-18/h4-5,7-9,12-13H,3,6,10-11,14-15H2,1-2H3,(H,21,22). The lowest BCUT2D eigenvalue weighted by Crippen LogP contribution is -2.38. The molecule has 0 saturated carbocycles. The van der Waals surface area contributed by atoms with Gasteiger partial charge < -0.3 is 19.4 Å². The number of ether oxygens (including phenoxy) is 1. The van der Waals surface area contributed by atoms with Gasteiger partial charge in [-0.2, -0.15) is 0 Å². The summed E-state index contributed by atoms with van der Waals surface area (Å²) in [7, 11) is 1.94. The lowest BCUT2D eigenvalue weighted by molar-refractivity contribution is 0.105. The van der Waals surface area contributed by atoms with Crippen LogP contribution in [-0.4, -0.2) is 37.6 Å². The van der Waals surface area contributed by atoms with Crippen LogP contribution in [0.4, 0.5) is 4.39 Å². The second-order valence-electron chi connectivity index (χ2n) is 5.71. The van der Waals surface area contributed by atoms with Crippen molar-refractivity contribution in [3.8, 4) is 0 Å². The van der Waals surface area contributed by atoms with Gasteiger partial charge in [-0.1, -0.05) is 12.1 Å². The van der Waals surface area contributed by atoms with Crippen LogP contribution in [0.15, 0.2) is 52.1 Å². The van der Waals surface area contributed by atoms with E-state index in [1.807, 2.05) is 37.1 Å². The Bertz CT molecular complexity index is 644. The summed E-state index contributed by atoms with van der Waals surface area (Å²) in [5.74, 6) is 1.41. The van der Waals surface area contributed by atoms with Crippen molar-refractivity contribution < 1.29 is 13.5 Å². The van der Waals surface area contributed by atoms with Gasteiger partial charge in [-0.15, -0.1) is 0 Å². The number of nitrogens with one attached hydrogen (secondary N) is 1. The van der Waals surface area contributed by atoms with Gasteiger partial charge in [-0.05, 0) is 43.2 Å². The molecule has 1 aromatic carbocycles. The highest BCUT2D eigenvalue weighted by Crippen LogP contribution is 2.07. The Labute approximate surface area is 148 Å². The average Bonchev–Trinajstić information content (AvgIpc) is 3.10. The van der Waals surface area contributed by atoms with Crippen LogP contribution in [0, 0.1) is 5.82 Å². The molecule has 0 amide bonds. The van der Waals surface area contributed by atoms with Crippen molar-refractivity contribution in [2.24, 2.45) is 4.99 Å². The molecule has 0 aliphatic heterocycles. The molecule has 1 aromatic heterocycles. The van der Waals surface area contributed by atoms with Gasteiger partial charge in [-0.25, -0.2) is 4.39 Å². The maximum Gasteiger partial charge on any atom is 0.193 e. The van der Waals surface area contributed by atoms with E-state index >= 15 is 0 Å². The van der Waals surface area contributed by atoms with Crippen molar-refractivity contribution in [1.29, 1.82) is 0 Å². The van der Waals surface area contributed by atoms with Crippen LogP contribution in [0.2, 0.25) is 0 Å². The maximum absolute atomic E-state index is 13.3. The lowest BCUT2D eigenvalue weighted by atomic mass is 10.2. The number of furan rings is 1. The number of rotatable bonds is 9. The van der Waals surface area contributed by atoms with E-state index in [-0.39, 0.29) is 5.82 Å². The molecule has 0 saturated heterocycles. The van der Waals surface area contributed by atoms with Crippen molar-refractivity contribution in [2.45, 2.75) is 26.5 Å². The largest absolute Gasteiger partial charge is 0.467 e. The molecule has 0 aliphatic carbocycles. The minimum atomic E-state index is -0.221. The fraction of sp³-hybridized carbons (Fsp3) is 0.421. The highest BCUT2D eigenvalue weighted by molar-refractivity contribution is 5.79. The number of nitrogens with zero attached hydrogens (tertiary/aromatic N) is 2. The van der Waals surface area contributed by atoms with Gasteiger partial charge in [0.1, 0.15) is 18.2 Å². The summed E-state index contributed by atoms with van der Waals surface area (Å²) in [5, 5.41) is 3.26. The first-order chi connectivity index (χ1) is 12.2. The minimum absolute atomic E-state index is 0.221. The molecule has 2 rings (SSSR count). The Kier molecular flexibility index (Phi) is 7.98. The maximum atomic E-state index is 13.3. The van der Waals surface area contributed by atoms with Gasteiger partial charge in [-0.3, -0.25) is 4.99 Å². The highest BCUT2D eigenvalue weighted by atomic mass is 19.1. The van der Waals surface area contributed by atoms with E-state index < -0.39 is 0 Å². The van der Waals surface area contributed by atoms with E-state index in [0.717, 1.165) is 30.2 Å². The summed E-state index contributed by atoms with van der Waals surface area (Å²) >= 11 is 0. The van der Waals surface area contributed by atoms with Gasteiger partial charge in [0.25, 0.3) is 0 Å². The van der Waals surface area contributed by atoms with Crippen molar-refractivity contribution in [1.82, 2.24) is 10.2 Å². The molecule has 0 radical (unpaired) electrons. The predicted octanol–water partition coefficient (Wildman–Crippen LogP) is 3.42. The smallest absolute Gasteiger partial charge is 0.193 e. The van der Waals surface area contributed by atoms with Crippen LogP contribution < -0.4 is 5.32 Å². The Hall–Kier alpha value is -2.34. The van der Waals surface area contributed by atoms with Crippen molar-refractivity contribution >= 4 is 5.96 Å². The molecule has 5 nitrogen and oxygen atoms in total. The van der Waals surface area contributed by atoms with Crippen LogP contribution in [-0.2, 0) is 17.9 Å². The van der Waals surface area contributed by atoms with E-state index in [9.17, 15) is 4.39 Å². The van der Waals surface area contributed by atoms with E-state index in [0.29, 0.717) is 26.3 Å². The third kappa shape index (κ3) is 6.97. The summed E-state index contributed by atoms with van der Waals surface area (Å²) in [5.41, 5.74) is 0.912. The van der Waals surface area contributed by atoms with Crippen molar-refractivity contribution in [3.63, 3.8) is 0 Å². The molecule has 0 fully saturated rings. The Morgan fingerprint density at radius 3 is 2.92 bits per heavy atom. The average molecular weight is 347 g/mol. The molecule has 0 spiro atoms. The van der Waals surface area contributed by atoms with Gasteiger partial charge in [0.2, 0.25) is 0 Å². The zero-order valence-corrected chi connectivity index (χ0v) is 14.9. The number of hydrogen-bond acceptors (Lipinski definition) is 3. The first-order valence-electron chi connectivity index (χ1n) is 8.53. The summed E-state index contributed by atoms with van der Waals surface area (Å²) in [6, 6.07) is 10.4. The van der Waals surface area contributed by atoms with Gasteiger partial charge >= 0.3 is 0 Å². The molecule has 2 aromatic rings. The Morgan fingerprint density at radius 1 is 1.32 bits per heavy atom. The fourth-order valence-electron chi connectivity index (χ4n) is 2.37. The SMILES string of the molecule is CCNC(=NCCCOCc1ccco1)N(C)Cc1cccc(F)c1. The number of benzene rings is 1. The zero-order valence-electron chi connectivity index (χ0n) is 14.9. The van der Waals surface area contributed by atoms with Gasteiger partial charge in [0, 0.05) is 33.3 Å². The quantitative estimate of drug-likeness (QED) is 0.429. The molecule has 136 valence electrons. The number of hydrogen-bond donors (Lipinski definition) is 1. The highest BCUT2D eigenvalue weighted by Gasteiger charge is 2.07. The molecule has 0 unspecified atom stereocenters. The summed E-state index contributed by atoms with van der Waals surface area (Å²) in [4.78, 5) is 6.59. The van der Waals surface area contributed by atoms with Crippen molar-refractivity contribution in [2.75, 3.05) is 26.7 Å². The van der Waals surface area contributed by atoms with Gasteiger partial charge in [0.05, 0.1) is 6.26 Å². The van der Waals surface area contributed by atoms with Crippen molar-refractivity contribution in [3.05, 3.63) is 59.8 Å². The fourth-order valence-corrected chi connectivity index (χ4v) is 2.37. The normalized spacial score (nSPS) is 11.6. The molecule has 0 aliphatic rings. The monoisotopic (exact) mass is 347 g/mol. The summed E-state index contributed by atoms with van der Waals surface area (Å²) in [6.45, 7) is 5.17. The van der Waals surface area contributed by atoms with E-state index in [4.69, 9.17) is 9.15 Å². The summed E-state index contributed by atoms with van der Waals surface area (Å²) < 4.78 is 24.1. The zero-order chi connectivity index (χ0) is 17.9. The third-order valence-corrected chi connectivity index (χ3v) is 3.54. The second kappa shape index (κ2) is 10.5. The first kappa shape index (κ1) is 19.0. The predicted molar refractivity (Wildman–Crippen MR) is 96.8 cm³/mol. The lowest BCUT2D eigenvalue weighted by Gasteiger charge is -2.22. The molecule has 1 heterocycles. The topological polar surface area (TPSA) is 50.0 Å². The van der Waals surface area contributed by atoms with Gasteiger partial charge in [0.15, 0.2) is 5.96 Å². The van der Waals surface area contributed by atoms with Crippen LogP contribution in [0.1, 0.15) is 24.7 Å². The first-order valence-corrected chi connectivity index (χ1v) is 8.53. The Balaban J connectivity index is 1.76. The Morgan fingerprint density at radius 2 is 2.20 bits per heavy atom. The minimum Gasteiger partial charge on any atom is -0.467 e. The van der Waals surface area contributed by atoms with Crippen LogP contribution in [0.25, 0.3) is 0 Å². The van der Waals surface area contributed by atoms with Crippen LogP contribution in [0.5, 0.6) is 0 Å². The number of guanidine groups is 1. The molecule has 25 heavy (non-hydrogen) atoms. The molecular formula is C19H26FN3O2. The molecule has 0 atom stereocenters. The summed E-state index contributed by atoms with van der Waals surface area (Å²) in [6.07, 6.45) is 2.46. The van der Waals surface area contributed by atoms with Crippen LogP contribution >= 0.6 is 0 Å². The third-order valence-electron chi connectivity index (χ3n) is 3.54. The van der Waals surface area contributed by atoms with E-state index in [1.165, 1.54) is 6.07 Å².